The number of benzene rings is 1. The van der Waals surface area contributed by atoms with Gasteiger partial charge in [-0.2, -0.15) is 0 Å². The number of thiazole rings is 1. The number of hydrogen-bond donors (Lipinski definition) is 2. The van der Waals surface area contributed by atoms with Crippen molar-refractivity contribution in [2.45, 2.75) is 0 Å². The van der Waals surface area contributed by atoms with Gasteiger partial charge >= 0.3 is 0 Å². The Bertz CT molecular complexity index is 440. The van der Waals surface area contributed by atoms with Crippen molar-refractivity contribution >= 4 is 38.8 Å². The zero-order valence-corrected chi connectivity index (χ0v) is 7.49. The topological polar surface area (TPSA) is 59.1 Å². The molecule has 3 nitrogen and oxygen atoms in total. The van der Waals surface area contributed by atoms with E-state index < -0.39 is 0 Å². The number of aromatic nitrogens is 1. The maximum Gasteiger partial charge on any atom is 0.184 e. The predicted octanol–water partition coefficient (Wildman–Crippen LogP) is 2.24. The number of nitrogens with two attached hydrogens (primary N) is 1. The van der Waals surface area contributed by atoms with Gasteiger partial charge in [-0.15, -0.1) is 11.3 Å². The molecule has 0 unspecified atom stereocenters. The van der Waals surface area contributed by atoms with Gasteiger partial charge in [0.05, 0.1) is 4.70 Å². The summed E-state index contributed by atoms with van der Waals surface area (Å²) in [6.45, 7) is 0. The Kier molecular flexibility index (Phi) is 1.59. The highest BCUT2D eigenvalue weighted by atomic mass is 35.5. The number of rotatable bonds is 0. The first-order valence-electron chi connectivity index (χ1n) is 3.21. The van der Waals surface area contributed by atoms with Crippen LogP contribution in [0.15, 0.2) is 12.1 Å². The second-order valence-electron chi connectivity index (χ2n) is 2.35. The molecule has 1 heterocycles. The summed E-state index contributed by atoms with van der Waals surface area (Å²) in [6.07, 6.45) is 0. The molecular weight excluding hydrogens is 196 g/mol. The molecule has 2 rings (SSSR count). The lowest BCUT2D eigenvalue weighted by molar-refractivity contribution is 0.481. The summed E-state index contributed by atoms with van der Waals surface area (Å²) in [5.74, 6) is 0.0770. The third-order valence-corrected chi connectivity index (χ3v) is 2.58. The normalized spacial score (nSPS) is 10.8. The molecule has 0 aliphatic rings. The molecule has 0 radical (unpaired) electrons. The van der Waals surface area contributed by atoms with Gasteiger partial charge in [-0.1, -0.05) is 11.6 Å². The summed E-state index contributed by atoms with van der Waals surface area (Å²) < 4.78 is 1.21. The van der Waals surface area contributed by atoms with Crippen LogP contribution in [0.5, 0.6) is 5.75 Å². The van der Waals surface area contributed by atoms with Crippen LogP contribution in [0.1, 0.15) is 0 Å². The fourth-order valence-corrected chi connectivity index (χ4v) is 2.10. The first kappa shape index (κ1) is 7.64. The van der Waals surface area contributed by atoms with Crippen LogP contribution in [0.25, 0.3) is 10.2 Å². The molecule has 0 saturated heterocycles. The number of fused-ring (bicyclic) bond motifs is 1. The van der Waals surface area contributed by atoms with Crippen molar-refractivity contribution in [1.29, 1.82) is 0 Å². The number of aromatic hydroxyl groups is 1. The van der Waals surface area contributed by atoms with Crippen molar-refractivity contribution < 1.29 is 5.11 Å². The molecule has 5 heteroatoms. The van der Waals surface area contributed by atoms with Crippen LogP contribution in [0.2, 0.25) is 4.47 Å². The average Bonchev–Trinajstić information content (AvgIpc) is 2.29. The zero-order valence-electron chi connectivity index (χ0n) is 5.91. The Hall–Kier alpha value is -1.00. The fourth-order valence-electron chi connectivity index (χ4n) is 1.01. The van der Waals surface area contributed by atoms with E-state index in [1.54, 1.807) is 6.07 Å². The van der Waals surface area contributed by atoms with Crippen LogP contribution in [-0.2, 0) is 0 Å². The maximum atomic E-state index is 9.37. The molecule has 0 saturated carbocycles. The number of phenolic OH excluding ortho intramolecular Hbond substituents is 1. The number of anilines is 1. The van der Waals surface area contributed by atoms with Crippen LogP contribution >= 0.6 is 22.9 Å². The summed E-state index contributed by atoms with van der Waals surface area (Å²) in [7, 11) is 0. The third kappa shape index (κ3) is 1.09. The van der Waals surface area contributed by atoms with Crippen molar-refractivity contribution in [2.75, 3.05) is 5.73 Å². The number of nitrogens with zero attached hydrogens (tertiary/aromatic N) is 1. The highest BCUT2D eigenvalue weighted by Crippen LogP contribution is 2.33. The van der Waals surface area contributed by atoms with Gasteiger partial charge in [0.15, 0.2) is 4.47 Å². The Labute approximate surface area is 77.4 Å². The van der Waals surface area contributed by atoms with Gasteiger partial charge in [0.1, 0.15) is 11.3 Å². The minimum atomic E-state index is 0.0770. The van der Waals surface area contributed by atoms with Crippen LogP contribution in [0.4, 0.5) is 5.69 Å². The van der Waals surface area contributed by atoms with Crippen LogP contribution < -0.4 is 5.73 Å². The van der Waals surface area contributed by atoms with Gasteiger partial charge in [-0.3, -0.25) is 0 Å². The van der Waals surface area contributed by atoms with E-state index in [0.29, 0.717) is 15.7 Å². The average molecular weight is 201 g/mol. The van der Waals surface area contributed by atoms with Gasteiger partial charge in [-0.25, -0.2) is 4.98 Å². The largest absolute Gasteiger partial charge is 0.506 e. The SMILES string of the molecule is Nc1cc(O)c2nc(Cl)sc2c1. The molecule has 0 spiro atoms. The second-order valence-corrected chi connectivity index (χ2v) is 3.97. The van der Waals surface area contributed by atoms with Crippen LogP contribution in [0, 0.1) is 0 Å². The summed E-state index contributed by atoms with van der Waals surface area (Å²) in [5.41, 5.74) is 6.54. The Morgan fingerprint density at radius 2 is 2.25 bits per heavy atom. The molecule has 12 heavy (non-hydrogen) atoms. The molecule has 0 amide bonds. The number of phenols is 1. The lowest BCUT2D eigenvalue weighted by atomic mass is 10.3. The fraction of sp³-hybridized carbons (Fsp3) is 0. The highest BCUT2D eigenvalue weighted by Gasteiger charge is 2.06. The maximum absolute atomic E-state index is 9.37. The lowest BCUT2D eigenvalue weighted by Crippen LogP contribution is -1.82. The van der Waals surface area contributed by atoms with Crippen molar-refractivity contribution in [2.24, 2.45) is 0 Å². The molecule has 1 aromatic carbocycles. The Balaban J connectivity index is 2.88. The van der Waals surface area contributed by atoms with E-state index in [0.717, 1.165) is 4.70 Å². The van der Waals surface area contributed by atoms with Crippen molar-refractivity contribution in [1.82, 2.24) is 4.98 Å². The summed E-state index contributed by atoms with van der Waals surface area (Å²) in [5, 5.41) is 9.37. The molecule has 0 bridgehead atoms. The summed E-state index contributed by atoms with van der Waals surface area (Å²) >= 11 is 6.96. The molecule has 0 atom stereocenters. The first-order chi connectivity index (χ1) is 5.66. The van der Waals surface area contributed by atoms with Crippen molar-refractivity contribution in [3.8, 4) is 5.75 Å². The third-order valence-electron chi connectivity index (χ3n) is 1.47. The van der Waals surface area contributed by atoms with Gasteiger partial charge in [-0.05, 0) is 6.07 Å². The van der Waals surface area contributed by atoms with E-state index >= 15 is 0 Å². The van der Waals surface area contributed by atoms with Crippen molar-refractivity contribution in [3.63, 3.8) is 0 Å². The molecular formula is C7H5ClN2OS. The summed E-state index contributed by atoms with van der Waals surface area (Å²) in [6, 6.07) is 3.19. The molecule has 0 aliphatic heterocycles. The van der Waals surface area contributed by atoms with E-state index in [9.17, 15) is 5.11 Å². The lowest BCUT2D eigenvalue weighted by Gasteiger charge is -1.94. The standard InChI is InChI=1S/C7H5ClN2OS/c8-7-10-6-4(11)1-3(9)2-5(6)12-7/h1-2,11H,9H2. The number of hydrogen-bond acceptors (Lipinski definition) is 4. The Morgan fingerprint density at radius 1 is 1.50 bits per heavy atom. The van der Waals surface area contributed by atoms with E-state index in [4.69, 9.17) is 17.3 Å². The van der Waals surface area contributed by atoms with E-state index in [1.807, 2.05) is 0 Å². The van der Waals surface area contributed by atoms with Gasteiger partial charge in [0.25, 0.3) is 0 Å². The number of nitrogen functional groups attached to an aromatic ring is 1. The second kappa shape index (κ2) is 2.50. The molecule has 3 N–H and O–H groups in total. The zero-order chi connectivity index (χ0) is 8.72. The molecule has 2 aromatic rings. The van der Waals surface area contributed by atoms with Gasteiger partial charge in [0, 0.05) is 11.8 Å². The quantitative estimate of drug-likeness (QED) is 0.642. The molecule has 1 aromatic heterocycles. The monoisotopic (exact) mass is 200 g/mol. The predicted molar refractivity (Wildman–Crippen MR) is 50.7 cm³/mol. The summed E-state index contributed by atoms with van der Waals surface area (Å²) in [4.78, 5) is 3.93. The smallest absolute Gasteiger partial charge is 0.184 e. The van der Waals surface area contributed by atoms with E-state index in [2.05, 4.69) is 4.98 Å². The highest BCUT2D eigenvalue weighted by molar-refractivity contribution is 7.22. The minimum absolute atomic E-state index is 0.0770. The molecule has 0 aliphatic carbocycles. The molecule has 0 fully saturated rings. The van der Waals surface area contributed by atoms with Gasteiger partial charge < -0.3 is 10.8 Å². The Morgan fingerprint density at radius 3 is 3.00 bits per heavy atom. The minimum Gasteiger partial charge on any atom is -0.506 e. The van der Waals surface area contributed by atoms with Crippen LogP contribution in [0.3, 0.4) is 0 Å². The van der Waals surface area contributed by atoms with Crippen LogP contribution in [-0.4, -0.2) is 10.1 Å². The van der Waals surface area contributed by atoms with Crippen molar-refractivity contribution in [3.05, 3.63) is 16.6 Å². The first-order valence-corrected chi connectivity index (χ1v) is 4.41. The molecule has 62 valence electrons. The van der Waals surface area contributed by atoms with E-state index in [-0.39, 0.29) is 5.75 Å². The van der Waals surface area contributed by atoms with Gasteiger partial charge in [0.2, 0.25) is 0 Å². The van der Waals surface area contributed by atoms with E-state index in [1.165, 1.54) is 17.4 Å². The number of halogens is 1.